The van der Waals surface area contributed by atoms with Gasteiger partial charge in [-0.3, -0.25) is 9.69 Å². The van der Waals surface area contributed by atoms with Gasteiger partial charge >= 0.3 is 0 Å². The van der Waals surface area contributed by atoms with Crippen molar-refractivity contribution in [1.82, 2.24) is 14.8 Å². The van der Waals surface area contributed by atoms with Crippen LogP contribution in [0.15, 0.2) is 18.3 Å². The van der Waals surface area contributed by atoms with E-state index in [9.17, 15) is 4.79 Å². The number of anilines is 1. The third kappa shape index (κ3) is 2.63. The summed E-state index contributed by atoms with van der Waals surface area (Å²) in [6.45, 7) is 3.93. The molecule has 20 heavy (non-hydrogen) atoms. The van der Waals surface area contributed by atoms with Crippen molar-refractivity contribution in [2.75, 3.05) is 38.5 Å². The summed E-state index contributed by atoms with van der Waals surface area (Å²) in [7, 11) is 1.82. The van der Waals surface area contributed by atoms with Gasteiger partial charge in [-0.1, -0.05) is 6.42 Å². The van der Waals surface area contributed by atoms with E-state index in [-0.39, 0.29) is 5.91 Å². The molecular formula is C15H22N4O. The summed E-state index contributed by atoms with van der Waals surface area (Å²) < 4.78 is 0. The SMILES string of the molecule is CNc1cc(C(=O)N2CCN3CCCCC3C2)ccn1. The van der Waals surface area contributed by atoms with Gasteiger partial charge in [0.1, 0.15) is 5.82 Å². The van der Waals surface area contributed by atoms with Crippen LogP contribution in [0, 0.1) is 0 Å². The first-order chi connectivity index (χ1) is 9.78. The molecule has 1 unspecified atom stereocenters. The standard InChI is InChI=1S/C15H22N4O/c1-16-14-10-12(5-6-17-14)15(20)19-9-8-18-7-3-2-4-13(18)11-19/h5-6,10,13H,2-4,7-9,11H2,1H3,(H,16,17). The molecule has 0 aromatic carbocycles. The zero-order valence-electron chi connectivity index (χ0n) is 12.0. The summed E-state index contributed by atoms with van der Waals surface area (Å²) in [6.07, 6.45) is 5.51. The Morgan fingerprint density at radius 2 is 2.25 bits per heavy atom. The maximum atomic E-state index is 12.6. The third-order valence-corrected chi connectivity index (χ3v) is 4.39. The zero-order valence-corrected chi connectivity index (χ0v) is 12.0. The number of hydrogen-bond donors (Lipinski definition) is 1. The third-order valence-electron chi connectivity index (χ3n) is 4.39. The van der Waals surface area contributed by atoms with E-state index < -0.39 is 0 Å². The molecule has 1 amide bonds. The summed E-state index contributed by atoms with van der Waals surface area (Å²) in [4.78, 5) is 21.3. The highest BCUT2D eigenvalue weighted by Gasteiger charge is 2.31. The second-order valence-corrected chi connectivity index (χ2v) is 5.62. The fourth-order valence-electron chi connectivity index (χ4n) is 3.22. The van der Waals surface area contributed by atoms with Crippen LogP contribution in [-0.2, 0) is 0 Å². The van der Waals surface area contributed by atoms with Crippen molar-refractivity contribution in [3.63, 3.8) is 0 Å². The van der Waals surface area contributed by atoms with Crippen LogP contribution >= 0.6 is 0 Å². The summed E-state index contributed by atoms with van der Waals surface area (Å²) in [5.41, 5.74) is 0.730. The highest BCUT2D eigenvalue weighted by molar-refractivity contribution is 5.94. The van der Waals surface area contributed by atoms with Crippen molar-refractivity contribution in [1.29, 1.82) is 0 Å². The number of piperidine rings is 1. The average molecular weight is 274 g/mol. The Kier molecular flexibility index (Phi) is 3.87. The van der Waals surface area contributed by atoms with Gasteiger partial charge in [0.15, 0.2) is 0 Å². The second kappa shape index (κ2) is 5.79. The minimum atomic E-state index is 0.133. The Labute approximate surface area is 120 Å². The van der Waals surface area contributed by atoms with Gasteiger partial charge in [0.2, 0.25) is 0 Å². The Morgan fingerprint density at radius 3 is 3.10 bits per heavy atom. The number of amides is 1. The largest absolute Gasteiger partial charge is 0.373 e. The molecule has 0 bridgehead atoms. The van der Waals surface area contributed by atoms with Gasteiger partial charge in [0, 0.05) is 44.5 Å². The van der Waals surface area contributed by atoms with Gasteiger partial charge in [-0.2, -0.15) is 0 Å². The quantitative estimate of drug-likeness (QED) is 0.886. The van der Waals surface area contributed by atoms with Gasteiger partial charge in [-0.15, -0.1) is 0 Å². The normalized spacial score (nSPS) is 23.2. The van der Waals surface area contributed by atoms with Gasteiger partial charge in [-0.25, -0.2) is 4.98 Å². The van der Waals surface area contributed by atoms with Gasteiger partial charge < -0.3 is 10.2 Å². The number of pyridine rings is 1. The van der Waals surface area contributed by atoms with E-state index in [1.807, 2.05) is 18.0 Å². The predicted octanol–water partition coefficient (Wildman–Crippen LogP) is 1.43. The summed E-state index contributed by atoms with van der Waals surface area (Å²) in [6, 6.07) is 4.19. The first-order valence-corrected chi connectivity index (χ1v) is 7.45. The Balaban J connectivity index is 1.70. The fraction of sp³-hybridized carbons (Fsp3) is 0.600. The van der Waals surface area contributed by atoms with Crippen LogP contribution in [0.3, 0.4) is 0 Å². The van der Waals surface area contributed by atoms with Gasteiger partial charge in [0.25, 0.3) is 5.91 Å². The van der Waals surface area contributed by atoms with E-state index in [1.54, 1.807) is 12.3 Å². The molecule has 5 nitrogen and oxygen atoms in total. The molecule has 0 radical (unpaired) electrons. The van der Waals surface area contributed by atoms with E-state index in [1.165, 1.54) is 25.8 Å². The molecule has 1 aromatic rings. The topological polar surface area (TPSA) is 48.5 Å². The summed E-state index contributed by atoms with van der Waals surface area (Å²) in [5.74, 6) is 0.876. The highest BCUT2D eigenvalue weighted by Crippen LogP contribution is 2.22. The average Bonchev–Trinajstić information content (AvgIpc) is 2.53. The van der Waals surface area contributed by atoms with Crippen LogP contribution in [0.2, 0.25) is 0 Å². The van der Waals surface area contributed by atoms with Crippen molar-refractivity contribution in [3.05, 3.63) is 23.9 Å². The molecule has 2 aliphatic rings. The molecule has 1 aromatic heterocycles. The lowest BCUT2D eigenvalue weighted by atomic mass is 9.99. The predicted molar refractivity (Wildman–Crippen MR) is 78.9 cm³/mol. The van der Waals surface area contributed by atoms with E-state index in [4.69, 9.17) is 0 Å². The van der Waals surface area contributed by atoms with E-state index in [2.05, 4.69) is 15.2 Å². The minimum Gasteiger partial charge on any atom is -0.373 e. The smallest absolute Gasteiger partial charge is 0.254 e. The molecule has 0 spiro atoms. The van der Waals surface area contributed by atoms with Gasteiger partial charge in [0.05, 0.1) is 0 Å². The van der Waals surface area contributed by atoms with Crippen molar-refractivity contribution >= 4 is 11.7 Å². The van der Waals surface area contributed by atoms with E-state index in [0.717, 1.165) is 31.0 Å². The van der Waals surface area contributed by atoms with Crippen LogP contribution in [0.1, 0.15) is 29.6 Å². The maximum Gasteiger partial charge on any atom is 0.254 e. The number of rotatable bonds is 2. The number of hydrogen-bond acceptors (Lipinski definition) is 4. The second-order valence-electron chi connectivity index (χ2n) is 5.62. The highest BCUT2D eigenvalue weighted by atomic mass is 16.2. The maximum absolute atomic E-state index is 12.6. The van der Waals surface area contributed by atoms with E-state index >= 15 is 0 Å². The number of fused-ring (bicyclic) bond motifs is 1. The minimum absolute atomic E-state index is 0.133. The van der Waals surface area contributed by atoms with Crippen LogP contribution < -0.4 is 5.32 Å². The molecule has 3 heterocycles. The number of carbonyl (C=O) groups excluding carboxylic acids is 1. The zero-order chi connectivity index (χ0) is 13.9. The molecular weight excluding hydrogens is 252 g/mol. The molecule has 1 N–H and O–H groups in total. The lowest BCUT2D eigenvalue weighted by Gasteiger charge is -2.44. The Bertz CT molecular complexity index is 491. The molecule has 1 atom stereocenters. The number of aromatic nitrogens is 1. The first kappa shape index (κ1) is 13.4. The molecule has 5 heteroatoms. The molecule has 3 rings (SSSR count). The monoisotopic (exact) mass is 274 g/mol. The van der Waals surface area contributed by atoms with Gasteiger partial charge in [-0.05, 0) is 31.5 Å². The Hall–Kier alpha value is -1.62. The molecule has 108 valence electrons. The van der Waals surface area contributed by atoms with Crippen LogP contribution in [0.25, 0.3) is 0 Å². The molecule has 0 saturated carbocycles. The lowest BCUT2D eigenvalue weighted by molar-refractivity contribution is 0.0372. The van der Waals surface area contributed by atoms with Crippen molar-refractivity contribution in [2.24, 2.45) is 0 Å². The molecule has 2 fully saturated rings. The molecule has 2 saturated heterocycles. The summed E-state index contributed by atoms with van der Waals surface area (Å²) >= 11 is 0. The Morgan fingerprint density at radius 1 is 1.35 bits per heavy atom. The van der Waals surface area contributed by atoms with Crippen molar-refractivity contribution in [2.45, 2.75) is 25.3 Å². The number of piperazine rings is 1. The number of nitrogens with one attached hydrogen (secondary N) is 1. The van der Waals surface area contributed by atoms with E-state index in [0.29, 0.717) is 6.04 Å². The molecule has 0 aliphatic carbocycles. The summed E-state index contributed by atoms with van der Waals surface area (Å²) in [5, 5.41) is 2.98. The van der Waals surface area contributed by atoms with Crippen molar-refractivity contribution in [3.8, 4) is 0 Å². The number of carbonyl (C=O) groups is 1. The fourth-order valence-corrected chi connectivity index (χ4v) is 3.22. The lowest BCUT2D eigenvalue weighted by Crippen LogP contribution is -2.56. The number of nitrogens with zero attached hydrogens (tertiary/aromatic N) is 3. The van der Waals surface area contributed by atoms with Crippen LogP contribution in [-0.4, -0.2) is 60.0 Å². The molecule has 2 aliphatic heterocycles. The van der Waals surface area contributed by atoms with Crippen molar-refractivity contribution < 1.29 is 4.79 Å². The van der Waals surface area contributed by atoms with Crippen LogP contribution in [0.4, 0.5) is 5.82 Å². The van der Waals surface area contributed by atoms with Crippen LogP contribution in [0.5, 0.6) is 0 Å². The first-order valence-electron chi connectivity index (χ1n) is 7.45.